The normalized spacial score (nSPS) is 11.8. The number of hydrogen-bond donors (Lipinski definition) is 0. The van der Waals surface area contributed by atoms with Crippen molar-refractivity contribution in [2.24, 2.45) is 0 Å². The van der Waals surface area contributed by atoms with E-state index in [1.807, 2.05) is 17.4 Å². The third-order valence-electron chi connectivity index (χ3n) is 11.6. The molecule has 0 amide bonds. The fraction of sp³-hybridized carbons (Fsp3) is 0. The predicted octanol–water partition coefficient (Wildman–Crippen LogP) is 14.9. The molecule has 3 aromatic heterocycles. The van der Waals surface area contributed by atoms with E-state index < -0.39 is 0 Å². The summed E-state index contributed by atoms with van der Waals surface area (Å²) >= 11 is 1.86. The smallest absolute Gasteiger partial charge is 0.235 e. The highest BCUT2D eigenvalue weighted by molar-refractivity contribution is 7.25. The van der Waals surface area contributed by atoms with Gasteiger partial charge in [0.05, 0.1) is 22.2 Å². The van der Waals surface area contributed by atoms with Crippen LogP contribution in [0, 0.1) is 0 Å². The van der Waals surface area contributed by atoms with Crippen LogP contribution in [0.3, 0.4) is 0 Å². The minimum Gasteiger partial charge on any atom is -0.277 e. The van der Waals surface area contributed by atoms with Gasteiger partial charge < -0.3 is 0 Å². The lowest BCUT2D eigenvalue weighted by atomic mass is 9.94. The summed E-state index contributed by atoms with van der Waals surface area (Å²) in [5.41, 5.74) is 12.1. The Labute approximate surface area is 338 Å². The second kappa shape index (κ2) is 13.1. The molecule has 3 heterocycles. The van der Waals surface area contributed by atoms with Gasteiger partial charge in [-0.25, -0.2) is 9.97 Å². The summed E-state index contributed by atoms with van der Waals surface area (Å²) in [5, 5.41) is 8.46. The molecule has 0 aliphatic rings. The first-order chi connectivity index (χ1) is 28.8. The largest absolute Gasteiger partial charge is 0.277 e. The second-order valence-electron chi connectivity index (χ2n) is 14.9. The van der Waals surface area contributed by atoms with Crippen molar-refractivity contribution >= 4 is 75.0 Å². The number of para-hydroxylation sites is 2. The predicted molar refractivity (Wildman–Crippen MR) is 246 cm³/mol. The Hall–Kier alpha value is -7.40. The molecule has 9 aromatic carbocycles. The molecular formula is C54H33N3S. The van der Waals surface area contributed by atoms with E-state index >= 15 is 0 Å². The van der Waals surface area contributed by atoms with Crippen molar-refractivity contribution < 1.29 is 0 Å². The van der Waals surface area contributed by atoms with E-state index in [4.69, 9.17) is 9.97 Å². The summed E-state index contributed by atoms with van der Waals surface area (Å²) in [7, 11) is 0. The summed E-state index contributed by atoms with van der Waals surface area (Å²) in [5.74, 6) is 0.652. The average Bonchev–Trinajstić information content (AvgIpc) is 3.85. The number of rotatable bonds is 5. The first-order valence-corrected chi connectivity index (χ1v) is 20.5. The Balaban J connectivity index is 1.09. The molecule has 4 heteroatoms. The maximum Gasteiger partial charge on any atom is 0.235 e. The van der Waals surface area contributed by atoms with Crippen LogP contribution in [0.15, 0.2) is 200 Å². The number of benzene rings is 9. The highest BCUT2D eigenvalue weighted by atomic mass is 32.1. The number of hydrogen-bond acceptors (Lipinski definition) is 3. The quantitative estimate of drug-likeness (QED) is 0.175. The standard InChI is InChI=1S/C54H33N3S/c1-2-15-35(16-3-1)52-43-22-6-8-27-46(43)55-54(56-52)57-47-31-30-34-14-4-5-21-40(34)50(47)45-26-12-25-42(53(45)57)39-20-11-18-37(33-39)36-17-10-19-38(32-36)41-24-13-29-49-51(41)44-23-7-9-28-48(44)58-49/h1-33H. The van der Waals surface area contributed by atoms with Crippen LogP contribution in [0.25, 0.3) is 114 Å². The zero-order chi connectivity index (χ0) is 38.2. The van der Waals surface area contributed by atoms with E-state index in [2.05, 4.69) is 199 Å². The molecule has 270 valence electrons. The van der Waals surface area contributed by atoms with Gasteiger partial charge in [-0.1, -0.05) is 164 Å². The molecule has 0 saturated carbocycles. The fourth-order valence-corrected chi connectivity index (χ4v) is 10.1. The van der Waals surface area contributed by atoms with Crippen molar-refractivity contribution in [2.75, 3.05) is 0 Å². The monoisotopic (exact) mass is 755 g/mol. The third kappa shape index (κ3) is 5.12. The first-order valence-electron chi connectivity index (χ1n) is 19.7. The SMILES string of the molecule is c1ccc(-c2nc(-n3c4ccc5ccccc5c4c4cccc(-c5cccc(-c6cccc(-c7cccc8sc9ccccc9c78)c6)c5)c43)nc3ccccc23)cc1. The summed E-state index contributed by atoms with van der Waals surface area (Å²) in [6.07, 6.45) is 0. The van der Waals surface area contributed by atoms with Gasteiger partial charge in [0.1, 0.15) is 0 Å². The van der Waals surface area contributed by atoms with E-state index in [-0.39, 0.29) is 0 Å². The van der Waals surface area contributed by atoms with Crippen LogP contribution < -0.4 is 0 Å². The maximum atomic E-state index is 5.42. The molecule has 0 radical (unpaired) electrons. The maximum absolute atomic E-state index is 5.42. The van der Waals surface area contributed by atoms with E-state index in [0.29, 0.717) is 5.95 Å². The molecule has 0 aliphatic heterocycles. The Morgan fingerprint density at radius 3 is 1.83 bits per heavy atom. The minimum absolute atomic E-state index is 0.652. The lowest BCUT2D eigenvalue weighted by Gasteiger charge is -2.14. The molecule has 0 unspecified atom stereocenters. The molecule has 3 nitrogen and oxygen atoms in total. The van der Waals surface area contributed by atoms with Gasteiger partial charge in [0, 0.05) is 47.5 Å². The van der Waals surface area contributed by atoms with Crippen LogP contribution in [-0.2, 0) is 0 Å². The summed E-state index contributed by atoms with van der Waals surface area (Å²) in [4.78, 5) is 10.7. The molecule has 0 aliphatic carbocycles. The van der Waals surface area contributed by atoms with Gasteiger partial charge in [-0.2, -0.15) is 0 Å². The minimum atomic E-state index is 0.652. The molecule has 0 N–H and O–H groups in total. The van der Waals surface area contributed by atoms with E-state index in [9.17, 15) is 0 Å². The average molecular weight is 756 g/mol. The van der Waals surface area contributed by atoms with Gasteiger partial charge in [-0.15, -0.1) is 11.3 Å². The number of fused-ring (bicyclic) bond motifs is 9. The molecule has 0 atom stereocenters. The summed E-state index contributed by atoms with van der Waals surface area (Å²) in [6.45, 7) is 0. The van der Waals surface area contributed by atoms with E-state index in [1.165, 1.54) is 64.0 Å². The van der Waals surface area contributed by atoms with Crippen molar-refractivity contribution in [1.29, 1.82) is 0 Å². The highest BCUT2D eigenvalue weighted by Crippen LogP contribution is 2.43. The number of thiophene rings is 1. The molecule has 0 bridgehead atoms. The van der Waals surface area contributed by atoms with Gasteiger partial charge in [0.25, 0.3) is 0 Å². The van der Waals surface area contributed by atoms with E-state index in [1.54, 1.807) is 0 Å². The molecule has 0 spiro atoms. The highest BCUT2D eigenvalue weighted by Gasteiger charge is 2.22. The Morgan fingerprint density at radius 1 is 0.379 bits per heavy atom. The van der Waals surface area contributed by atoms with Crippen LogP contribution in [-0.4, -0.2) is 14.5 Å². The zero-order valence-corrected chi connectivity index (χ0v) is 32.1. The lowest BCUT2D eigenvalue weighted by Crippen LogP contribution is -2.04. The van der Waals surface area contributed by atoms with Crippen molar-refractivity contribution in [1.82, 2.24) is 14.5 Å². The van der Waals surface area contributed by atoms with Gasteiger partial charge in [-0.05, 0) is 75.0 Å². The van der Waals surface area contributed by atoms with Gasteiger partial charge in [0.15, 0.2) is 0 Å². The van der Waals surface area contributed by atoms with Crippen LogP contribution in [0.2, 0.25) is 0 Å². The van der Waals surface area contributed by atoms with Gasteiger partial charge >= 0.3 is 0 Å². The zero-order valence-electron chi connectivity index (χ0n) is 31.3. The lowest BCUT2D eigenvalue weighted by molar-refractivity contribution is 1.01. The molecule has 0 fully saturated rings. The number of nitrogens with zero attached hydrogens (tertiary/aromatic N) is 3. The van der Waals surface area contributed by atoms with Crippen molar-refractivity contribution in [2.45, 2.75) is 0 Å². The van der Waals surface area contributed by atoms with Crippen LogP contribution in [0.5, 0.6) is 0 Å². The molecule has 58 heavy (non-hydrogen) atoms. The number of aromatic nitrogens is 3. The summed E-state index contributed by atoms with van der Waals surface area (Å²) in [6, 6.07) is 72.0. The third-order valence-corrected chi connectivity index (χ3v) is 12.7. The van der Waals surface area contributed by atoms with Crippen molar-refractivity contribution in [3.63, 3.8) is 0 Å². The van der Waals surface area contributed by atoms with Crippen molar-refractivity contribution in [3.8, 4) is 50.6 Å². The van der Waals surface area contributed by atoms with Crippen molar-refractivity contribution in [3.05, 3.63) is 200 Å². The summed E-state index contributed by atoms with van der Waals surface area (Å²) < 4.78 is 4.93. The van der Waals surface area contributed by atoms with Gasteiger partial charge in [-0.3, -0.25) is 4.57 Å². The second-order valence-corrected chi connectivity index (χ2v) is 16.0. The topological polar surface area (TPSA) is 30.7 Å². The molecular weight excluding hydrogens is 723 g/mol. The Morgan fingerprint density at radius 2 is 0.983 bits per heavy atom. The molecule has 12 aromatic rings. The molecule has 0 saturated heterocycles. The molecule has 12 rings (SSSR count). The van der Waals surface area contributed by atoms with Crippen LogP contribution in [0.4, 0.5) is 0 Å². The van der Waals surface area contributed by atoms with Crippen LogP contribution in [0.1, 0.15) is 0 Å². The van der Waals surface area contributed by atoms with E-state index in [0.717, 1.165) is 44.3 Å². The van der Waals surface area contributed by atoms with Crippen LogP contribution >= 0.6 is 11.3 Å². The first kappa shape index (κ1) is 32.8. The fourth-order valence-electron chi connectivity index (χ4n) is 9.00. The van der Waals surface area contributed by atoms with Gasteiger partial charge in [0.2, 0.25) is 5.95 Å². The Bertz CT molecular complexity index is 3580. The Kier molecular flexibility index (Phi) is 7.40.